The second kappa shape index (κ2) is 5.04. The Morgan fingerprint density at radius 1 is 1.39 bits per heavy atom. The number of carbonyl (C=O) groups excluding carboxylic acids is 1. The molecule has 6 nitrogen and oxygen atoms in total. The largest absolute Gasteiger partial charge is 0.465 e. The van der Waals surface area contributed by atoms with Crippen LogP contribution in [0, 0.1) is 0 Å². The molecule has 0 aromatic carbocycles. The van der Waals surface area contributed by atoms with Gasteiger partial charge in [0.1, 0.15) is 5.60 Å². The summed E-state index contributed by atoms with van der Waals surface area (Å²) >= 11 is 0. The van der Waals surface area contributed by atoms with Crippen molar-refractivity contribution in [3.8, 4) is 0 Å². The zero-order valence-corrected chi connectivity index (χ0v) is 11.4. The molecule has 6 heteroatoms. The lowest BCUT2D eigenvalue weighted by Gasteiger charge is -2.33. The summed E-state index contributed by atoms with van der Waals surface area (Å²) in [6, 6.07) is -0.275. The Morgan fingerprint density at radius 3 is 2.50 bits per heavy atom. The Morgan fingerprint density at radius 2 is 2.00 bits per heavy atom. The van der Waals surface area contributed by atoms with Gasteiger partial charge in [-0.2, -0.15) is 0 Å². The fraction of sp³-hybridized carbons (Fsp3) is 0.833. The first kappa shape index (κ1) is 14.6. The van der Waals surface area contributed by atoms with Crippen molar-refractivity contribution < 1.29 is 19.4 Å². The highest BCUT2D eigenvalue weighted by molar-refractivity contribution is 5.70. The molecule has 0 bridgehead atoms. The number of amides is 2. The van der Waals surface area contributed by atoms with Gasteiger partial charge in [-0.25, -0.2) is 9.59 Å². The van der Waals surface area contributed by atoms with Crippen LogP contribution >= 0.6 is 0 Å². The quantitative estimate of drug-likeness (QED) is 0.707. The van der Waals surface area contributed by atoms with Gasteiger partial charge < -0.3 is 20.5 Å². The number of hydrogen-bond acceptors (Lipinski definition) is 3. The molecule has 104 valence electrons. The van der Waals surface area contributed by atoms with E-state index in [2.05, 4.69) is 10.6 Å². The molecule has 1 saturated carbocycles. The summed E-state index contributed by atoms with van der Waals surface area (Å²) in [5, 5.41) is 14.0. The second-order valence-electron chi connectivity index (χ2n) is 5.94. The normalized spacial score (nSPS) is 27.7. The van der Waals surface area contributed by atoms with E-state index >= 15 is 0 Å². The Kier molecular flexibility index (Phi) is 4.09. The number of rotatable bonds is 2. The molecule has 2 amide bonds. The molecular weight excluding hydrogens is 236 g/mol. The minimum Gasteiger partial charge on any atom is -0.465 e. The van der Waals surface area contributed by atoms with Gasteiger partial charge in [0.25, 0.3) is 0 Å². The van der Waals surface area contributed by atoms with E-state index in [0.29, 0.717) is 0 Å². The monoisotopic (exact) mass is 258 g/mol. The fourth-order valence-electron chi connectivity index (χ4n) is 2.23. The molecule has 0 heterocycles. The predicted octanol–water partition coefficient (Wildman–Crippen LogP) is 2.09. The van der Waals surface area contributed by atoms with Crippen molar-refractivity contribution in [1.82, 2.24) is 10.6 Å². The van der Waals surface area contributed by atoms with Gasteiger partial charge in [0.2, 0.25) is 0 Å². The van der Waals surface area contributed by atoms with Crippen LogP contribution in [0.15, 0.2) is 0 Å². The number of nitrogens with one attached hydrogen (secondary N) is 2. The van der Waals surface area contributed by atoms with Gasteiger partial charge in [-0.15, -0.1) is 0 Å². The Hall–Kier alpha value is -1.46. The van der Waals surface area contributed by atoms with Gasteiger partial charge in [0.15, 0.2) is 0 Å². The third-order valence-electron chi connectivity index (χ3n) is 3.04. The van der Waals surface area contributed by atoms with Crippen LogP contribution in [0.3, 0.4) is 0 Å². The zero-order chi connectivity index (χ0) is 14.0. The van der Waals surface area contributed by atoms with E-state index in [4.69, 9.17) is 9.84 Å². The predicted molar refractivity (Wildman–Crippen MR) is 66.6 cm³/mol. The van der Waals surface area contributed by atoms with E-state index in [1.54, 1.807) is 20.8 Å². The SMILES string of the molecule is CC(C)(C)OC(=O)NC1(C)CCCC1NC(=O)O. The van der Waals surface area contributed by atoms with Crippen molar-refractivity contribution in [1.29, 1.82) is 0 Å². The first-order valence-corrected chi connectivity index (χ1v) is 6.13. The lowest BCUT2D eigenvalue weighted by molar-refractivity contribution is 0.0449. The molecule has 1 aliphatic carbocycles. The molecule has 0 aromatic heterocycles. The van der Waals surface area contributed by atoms with Gasteiger partial charge in [-0.1, -0.05) is 0 Å². The third kappa shape index (κ3) is 4.09. The molecule has 0 spiro atoms. The van der Waals surface area contributed by atoms with Crippen LogP contribution in [0.1, 0.15) is 47.0 Å². The average Bonchev–Trinajstić information content (AvgIpc) is 2.42. The highest BCUT2D eigenvalue weighted by Crippen LogP contribution is 2.30. The van der Waals surface area contributed by atoms with Gasteiger partial charge in [0, 0.05) is 0 Å². The zero-order valence-electron chi connectivity index (χ0n) is 11.4. The van der Waals surface area contributed by atoms with Crippen molar-refractivity contribution in [2.24, 2.45) is 0 Å². The van der Waals surface area contributed by atoms with Crippen molar-refractivity contribution in [3.63, 3.8) is 0 Å². The van der Waals surface area contributed by atoms with Gasteiger partial charge >= 0.3 is 12.2 Å². The minimum atomic E-state index is -1.07. The molecule has 3 N–H and O–H groups in total. The molecule has 1 aliphatic rings. The third-order valence-corrected chi connectivity index (χ3v) is 3.04. The summed E-state index contributed by atoms with van der Waals surface area (Å²) in [6.45, 7) is 7.20. The molecule has 2 atom stereocenters. The second-order valence-corrected chi connectivity index (χ2v) is 5.94. The number of ether oxygens (including phenoxy) is 1. The van der Waals surface area contributed by atoms with Crippen molar-refractivity contribution >= 4 is 12.2 Å². The first-order valence-electron chi connectivity index (χ1n) is 6.13. The summed E-state index contributed by atoms with van der Waals surface area (Å²) in [6.07, 6.45) is 0.746. The summed E-state index contributed by atoms with van der Waals surface area (Å²) in [7, 11) is 0. The molecule has 1 fully saturated rings. The number of carboxylic acid groups (broad SMARTS) is 1. The van der Waals surface area contributed by atoms with Gasteiger partial charge in [-0.3, -0.25) is 0 Å². The van der Waals surface area contributed by atoms with E-state index in [1.165, 1.54) is 0 Å². The van der Waals surface area contributed by atoms with E-state index in [9.17, 15) is 9.59 Å². The van der Waals surface area contributed by atoms with E-state index in [1.807, 2.05) is 6.92 Å². The maximum atomic E-state index is 11.7. The highest BCUT2D eigenvalue weighted by Gasteiger charge is 2.41. The molecule has 0 saturated heterocycles. The van der Waals surface area contributed by atoms with Crippen molar-refractivity contribution in [2.45, 2.75) is 64.1 Å². The average molecular weight is 258 g/mol. The fourth-order valence-corrected chi connectivity index (χ4v) is 2.23. The minimum absolute atomic E-state index is 0.275. The molecule has 2 unspecified atom stereocenters. The molecule has 18 heavy (non-hydrogen) atoms. The number of carbonyl (C=O) groups is 2. The highest BCUT2D eigenvalue weighted by atomic mass is 16.6. The van der Waals surface area contributed by atoms with Crippen molar-refractivity contribution in [3.05, 3.63) is 0 Å². The van der Waals surface area contributed by atoms with Crippen LogP contribution < -0.4 is 10.6 Å². The lowest BCUT2D eigenvalue weighted by atomic mass is 9.96. The lowest BCUT2D eigenvalue weighted by Crippen LogP contribution is -2.58. The maximum absolute atomic E-state index is 11.7. The molecule has 0 aliphatic heterocycles. The van der Waals surface area contributed by atoms with Gasteiger partial charge in [-0.05, 0) is 47.0 Å². The Labute approximate surface area is 107 Å². The Bertz CT molecular complexity index is 337. The summed E-state index contributed by atoms with van der Waals surface area (Å²) in [5.41, 5.74) is -1.14. The first-order chi connectivity index (χ1) is 8.12. The van der Waals surface area contributed by atoms with E-state index < -0.39 is 23.3 Å². The Balaban J connectivity index is 2.62. The van der Waals surface area contributed by atoms with Gasteiger partial charge in [0.05, 0.1) is 11.6 Å². The van der Waals surface area contributed by atoms with E-state index in [-0.39, 0.29) is 6.04 Å². The van der Waals surface area contributed by atoms with Crippen LogP contribution in [0.2, 0.25) is 0 Å². The van der Waals surface area contributed by atoms with Crippen LogP contribution in [-0.2, 0) is 4.74 Å². The molecule has 1 rings (SSSR count). The van der Waals surface area contributed by atoms with Crippen LogP contribution in [0.4, 0.5) is 9.59 Å². The summed E-state index contributed by atoms with van der Waals surface area (Å²) in [5.74, 6) is 0. The van der Waals surface area contributed by atoms with Crippen LogP contribution in [0.25, 0.3) is 0 Å². The maximum Gasteiger partial charge on any atom is 0.408 e. The van der Waals surface area contributed by atoms with Crippen LogP contribution in [0.5, 0.6) is 0 Å². The van der Waals surface area contributed by atoms with E-state index in [0.717, 1.165) is 19.3 Å². The molecular formula is C12H22N2O4. The topological polar surface area (TPSA) is 87.7 Å². The summed E-state index contributed by atoms with van der Waals surface area (Å²) < 4.78 is 5.19. The number of hydrogen-bond donors (Lipinski definition) is 3. The molecule has 0 aromatic rings. The van der Waals surface area contributed by atoms with Crippen LogP contribution in [-0.4, -0.2) is 34.5 Å². The molecule has 0 radical (unpaired) electrons. The standard InChI is InChI=1S/C12H22N2O4/c1-11(2,3)18-10(17)14-12(4)7-5-6-8(12)13-9(15)16/h8,13H,5-7H2,1-4H3,(H,14,17)(H,15,16). The smallest absolute Gasteiger partial charge is 0.408 e. The van der Waals surface area contributed by atoms with Crippen molar-refractivity contribution in [2.75, 3.05) is 0 Å². The number of alkyl carbamates (subject to hydrolysis) is 1. The summed E-state index contributed by atoms with van der Waals surface area (Å²) in [4.78, 5) is 22.4.